The Labute approximate surface area is 97.4 Å². The van der Waals surface area contributed by atoms with Crippen LogP contribution in [0, 0.1) is 0 Å². The first-order valence-corrected chi connectivity index (χ1v) is 5.50. The first kappa shape index (κ1) is 14.2. The fraction of sp³-hybridized carbons (Fsp3) is 0.900. The summed E-state index contributed by atoms with van der Waals surface area (Å²) in [5.74, 6) is -1.40. The van der Waals surface area contributed by atoms with Crippen LogP contribution in [0.4, 0.5) is 13.2 Å². The summed E-state index contributed by atoms with van der Waals surface area (Å²) >= 11 is 0. The molecule has 1 amide bonds. The lowest BCUT2D eigenvalue weighted by Gasteiger charge is -2.31. The molecule has 0 aromatic rings. The summed E-state index contributed by atoms with van der Waals surface area (Å²) in [5, 5.41) is 11.4. The van der Waals surface area contributed by atoms with Gasteiger partial charge in [-0.25, -0.2) is 0 Å². The first-order chi connectivity index (χ1) is 7.64. The van der Waals surface area contributed by atoms with Gasteiger partial charge >= 0.3 is 6.18 Å². The molecule has 0 aromatic heterocycles. The number of nitrogens with one attached hydrogen (secondary N) is 1. The molecule has 1 aliphatic rings. The molecule has 4 N–H and O–H groups in total. The molecule has 1 aliphatic carbocycles. The van der Waals surface area contributed by atoms with Crippen molar-refractivity contribution >= 4 is 5.91 Å². The van der Waals surface area contributed by atoms with Gasteiger partial charge in [-0.05, 0) is 32.6 Å². The Bertz CT molecular complexity index is 284. The van der Waals surface area contributed by atoms with Gasteiger partial charge in [0.15, 0.2) is 0 Å². The Morgan fingerprint density at radius 1 is 1.29 bits per heavy atom. The van der Waals surface area contributed by atoms with Crippen LogP contribution in [0.25, 0.3) is 0 Å². The molecule has 1 fully saturated rings. The number of carbonyl (C=O) groups excluding carboxylic acids is 1. The number of aliphatic hydroxyl groups is 1. The average molecular weight is 254 g/mol. The van der Waals surface area contributed by atoms with Gasteiger partial charge in [-0.2, -0.15) is 13.2 Å². The van der Waals surface area contributed by atoms with Gasteiger partial charge in [0.2, 0.25) is 5.60 Å². The number of hydrogen-bond donors (Lipinski definition) is 3. The number of amides is 1. The maximum absolute atomic E-state index is 12.4. The minimum absolute atomic E-state index is 0.0475. The summed E-state index contributed by atoms with van der Waals surface area (Å²) in [5.41, 5.74) is 2.30. The Hall–Kier alpha value is -0.820. The fourth-order valence-corrected chi connectivity index (χ4v) is 1.72. The lowest BCUT2D eigenvalue weighted by molar-refractivity contribution is -0.245. The number of rotatable bonds is 2. The van der Waals surface area contributed by atoms with E-state index in [1.54, 1.807) is 0 Å². The zero-order valence-corrected chi connectivity index (χ0v) is 9.55. The lowest BCUT2D eigenvalue weighted by atomic mass is 9.91. The van der Waals surface area contributed by atoms with Gasteiger partial charge in [-0.15, -0.1) is 0 Å². The van der Waals surface area contributed by atoms with Crippen LogP contribution in [0.15, 0.2) is 0 Å². The van der Waals surface area contributed by atoms with E-state index >= 15 is 0 Å². The minimum Gasteiger partial charge on any atom is -0.373 e. The van der Waals surface area contributed by atoms with E-state index in [0.29, 0.717) is 32.6 Å². The quantitative estimate of drug-likeness (QED) is 0.678. The predicted octanol–water partition coefficient (Wildman–Crippen LogP) is 0.686. The third kappa shape index (κ3) is 3.32. The molecule has 1 atom stereocenters. The van der Waals surface area contributed by atoms with Crippen LogP contribution in [0.5, 0.6) is 0 Å². The SMILES string of the molecule is CC(O)(C(=O)NC1CCC(N)CC1)C(F)(F)F. The monoisotopic (exact) mass is 254 g/mol. The van der Waals surface area contributed by atoms with Crippen molar-refractivity contribution in [1.82, 2.24) is 5.32 Å². The van der Waals surface area contributed by atoms with Gasteiger partial charge in [-0.3, -0.25) is 4.79 Å². The van der Waals surface area contributed by atoms with Crippen molar-refractivity contribution in [3.63, 3.8) is 0 Å². The average Bonchev–Trinajstić information content (AvgIpc) is 2.19. The third-order valence-corrected chi connectivity index (χ3v) is 3.10. The van der Waals surface area contributed by atoms with Crippen LogP contribution >= 0.6 is 0 Å². The second-order valence-corrected chi connectivity index (χ2v) is 4.66. The Morgan fingerprint density at radius 2 is 1.76 bits per heavy atom. The standard InChI is InChI=1S/C10H17F3N2O2/c1-9(17,10(11,12)13)8(16)15-7-4-2-6(14)3-5-7/h6-7,17H,2-5,14H2,1H3,(H,15,16). The maximum atomic E-state index is 12.4. The van der Waals surface area contributed by atoms with Gasteiger partial charge in [0.05, 0.1) is 0 Å². The van der Waals surface area contributed by atoms with Crippen LogP contribution < -0.4 is 11.1 Å². The summed E-state index contributed by atoms with van der Waals surface area (Å²) in [6.45, 7) is 0.455. The number of alkyl halides is 3. The number of carbonyl (C=O) groups is 1. The Balaban J connectivity index is 2.55. The van der Waals surface area contributed by atoms with Crippen molar-refractivity contribution in [3.05, 3.63) is 0 Å². The van der Waals surface area contributed by atoms with Crippen molar-refractivity contribution in [2.24, 2.45) is 5.73 Å². The Kier molecular flexibility index (Phi) is 4.03. The number of halogens is 3. The largest absolute Gasteiger partial charge is 0.426 e. The van der Waals surface area contributed by atoms with Crippen LogP contribution in [-0.4, -0.2) is 34.9 Å². The van der Waals surface area contributed by atoms with Gasteiger partial charge in [0.1, 0.15) is 0 Å². The zero-order chi connectivity index (χ0) is 13.3. The van der Waals surface area contributed by atoms with Crippen molar-refractivity contribution in [2.75, 3.05) is 0 Å². The molecule has 4 nitrogen and oxygen atoms in total. The van der Waals surface area contributed by atoms with Gasteiger partial charge < -0.3 is 16.2 Å². The molecule has 7 heteroatoms. The van der Waals surface area contributed by atoms with E-state index < -0.39 is 17.7 Å². The molecule has 0 saturated heterocycles. The predicted molar refractivity (Wildman–Crippen MR) is 55.1 cm³/mol. The molecule has 17 heavy (non-hydrogen) atoms. The van der Waals surface area contributed by atoms with E-state index in [1.807, 2.05) is 0 Å². The van der Waals surface area contributed by atoms with E-state index in [0.717, 1.165) is 0 Å². The molecule has 0 aliphatic heterocycles. The molecular weight excluding hydrogens is 237 g/mol. The van der Waals surface area contributed by atoms with Crippen LogP contribution in [-0.2, 0) is 4.79 Å². The van der Waals surface area contributed by atoms with Crippen LogP contribution in [0.3, 0.4) is 0 Å². The van der Waals surface area contributed by atoms with E-state index in [4.69, 9.17) is 10.8 Å². The third-order valence-electron chi connectivity index (χ3n) is 3.10. The summed E-state index contributed by atoms with van der Waals surface area (Å²) in [4.78, 5) is 11.3. The molecular formula is C10H17F3N2O2. The highest BCUT2D eigenvalue weighted by Crippen LogP contribution is 2.30. The lowest BCUT2D eigenvalue weighted by Crippen LogP contribution is -2.57. The van der Waals surface area contributed by atoms with Crippen LogP contribution in [0.1, 0.15) is 32.6 Å². The molecule has 1 rings (SSSR count). The second kappa shape index (κ2) is 4.81. The summed E-state index contributed by atoms with van der Waals surface area (Å²) < 4.78 is 37.1. The molecule has 1 saturated carbocycles. The first-order valence-electron chi connectivity index (χ1n) is 5.50. The van der Waals surface area contributed by atoms with E-state index in [2.05, 4.69) is 5.32 Å². The minimum atomic E-state index is -4.97. The normalized spacial score (nSPS) is 29.5. The molecule has 0 aromatic carbocycles. The number of hydrogen-bond acceptors (Lipinski definition) is 3. The van der Waals surface area contributed by atoms with E-state index in [1.165, 1.54) is 0 Å². The highest BCUT2D eigenvalue weighted by Gasteiger charge is 2.56. The Morgan fingerprint density at radius 3 is 2.18 bits per heavy atom. The maximum Gasteiger partial charge on any atom is 0.426 e. The molecule has 0 spiro atoms. The van der Waals surface area contributed by atoms with Crippen LogP contribution in [0.2, 0.25) is 0 Å². The van der Waals surface area contributed by atoms with E-state index in [9.17, 15) is 18.0 Å². The molecule has 0 heterocycles. The molecule has 1 unspecified atom stereocenters. The second-order valence-electron chi connectivity index (χ2n) is 4.66. The van der Waals surface area contributed by atoms with Crippen molar-refractivity contribution in [2.45, 2.75) is 56.5 Å². The topological polar surface area (TPSA) is 75.3 Å². The van der Waals surface area contributed by atoms with Gasteiger partial charge in [0, 0.05) is 12.1 Å². The summed E-state index contributed by atoms with van der Waals surface area (Å²) in [7, 11) is 0. The van der Waals surface area contributed by atoms with E-state index in [-0.39, 0.29) is 12.1 Å². The van der Waals surface area contributed by atoms with Gasteiger partial charge in [0.25, 0.3) is 5.91 Å². The zero-order valence-electron chi connectivity index (χ0n) is 9.55. The molecule has 0 bridgehead atoms. The molecule has 100 valence electrons. The van der Waals surface area contributed by atoms with Crippen molar-refractivity contribution in [3.8, 4) is 0 Å². The number of nitrogens with two attached hydrogens (primary N) is 1. The summed E-state index contributed by atoms with van der Waals surface area (Å²) in [6, 6.07) is -0.289. The van der Waals surface area contributed by atoms with Crippen molar-refractivity contribution in [1.29, 1.82) is 0 Å². The van der Waals surface area contributed by atoms with Gasteiger partial charge in [-0.1, -0.05) is 0 Å². The fourth-order valence-electron chi connectivity index (χ4n) is 1.72. The summed E-state index contributed by atoms with van der Waals surface area (Å²) in [6.07, 6.45) is -2.55. The highest BCUT2D eigenvalue weighted by atomic mass is 19.4. The highest BCUT2D eigenvalue weighted by molar-refractivity contribution is 5.85. The smallest absolute Gasteiger partial charge is 0.373 e. The molecule has 0 radical (unpaired) electrons. The van der Waals surface area contributed by atoms with Crippen molar-refractivity contribution < 1.29 is 23.1 Å².